The van der Waals surface area contributed by atoms with Crippen molar-refractivity contribution in [2.45, 2.75) is 82.8 Å². The molecule has 1 unspecified atom stereocenters. The predicted molar refractivity (Wildman–Crippen MR) is 100 cm³/mol. The Hall–Kier alpha value is -1.51. The van der Waals surface area contributed by atoms with Gasteiger partial charge in [0.25, 0.3) is 0 Å². The monoisotopic (exact) mass is 391 g/mol. The molecule has 0 aromatic heterocycles. The fraction of sp³-hybridized carbons (Fsp3) is 0.667. The van der Waals surface area contributed by atoms with Crippen LogP contribution >= 0.6 is 0 Å². The minimum absolute atomic E-state index is 0.0862. The normalized spacial score (nSPS) is 36.8. The zero-order chi connectivity index (χ0) is 20.1. The number of hydrogen-bond donors (Lipinski definition) is 1. The molecule has 1 amide bonds. The van der Waals surface area contributed by atoms with Crippen molar-refractivity contribution in [1.29, 1.82) is 0 Å². The highest BCUT2D eigenvalue weighted by molar-refractivity contribution is 5.83. The van der Waals surface area contributed by atoms with Gasteiger partial charge in [-0.1, -0.05) is 30.3 Å². The highest BCUT2D eigenvalue weighted by Crippen LogP contribution is 2.40. The summed E-state index contributed by atoms with van der Waals surface area (Å²) in [6.45, 7) is 9.69. The van der Waals surface area contributed by atoms with Crippen molar-refractivity contribution < 1.29 is 28.5 Å². The van der Waals surface area contributed by atoms with Gasteiger partial charge < -0.3 is 29.0 Å². The summed E-state index contributed by atoms with van der Waals surface area (Å²) in [5.41, 5.74) is 0.956. The van der Waals surface area contributed by atoms with Crippen LogP contribution in [-0.4, -0.2) is 54.7 Å². The molecule has 0 radical (unpaired) electrons. The van der Waals surface area contributed by atoms with E-state index in [2.05, 4.69) is 5.32 Å². The Morgan fingerprint density at radius 2 is 1.75 bits per heavy atom. The maximum Gasteiger partial charge on any atom is 0.227 e. The molecule has 1 aromatic rings. The van der Waals surface area contributed by atoms with Gasteiger partial charge in [-0.3, -0.25) is 4.79 Å². The van der Waals surface area contributed by atoms with Gasteiger partial charge in [0.2, 0.25) is 5.91 Å². The second-order valence-electron chi connectivity index (χ2n) is 8.60. The maximum absolute atomic E-state index is 13.0. The average molecular weight is 391 g/mol. The largest absolute Gasteiger partial charge is 0.348 e. The molecule has 3 saturated heterocycles. The van der Waals surface area contributed by atoms with Crippen LogP contribution in [0.1, 0.15) is 46.1 Å². The van der Waals surface area contributed by atoms with E-state index >= 15 is 0 Å². The van der Waals surface area contributed by atoms with E-state index < -0.39 is 36.1 Å². The molecular weight excluding hydrogens is 362 g/mol. The van der Waals surface area contributed by atoms with Gasteiger partial charge in [-0.05, 0) is 40.2 Å². The van der Waals surface area contributed by atoms with E-state index in [0.717, 1.165) is 5.56 Å². The van der Waals surface area contributed by atoms with Crippen LogP contribution in [0.15, 0.2) is 30.3 Å². The first-order chi connectivity index (χ1) is 13.2. The quantitative estimate of drug-likeness (QED) is 0.849. The lowest BCUT2D eigenvalue weighted by atomic mass is 9.98. The standard InChI is InChI=1S/C21H29NO6/c1-12(13-9-7-6-8-10-13)18(23)22-15-16(14-11-24-20(2,3)26-14)25-19-17(15)27-21(4,5)28-19/h6-10,12,14-17,19H,11H2,1-5H3,(H,22,23)/t12?,14-,15-,16-,17-,19-/m1/s1. The number of rotatable bonds is 4. The fourth-order valence-electron chi connectivity index (χ4n) is 4.07. The Bertz CT molecular complexity index is 721. The predicted octanol–water partition coefficient (Wildman–Crippen LogP) is 2.30. The van der Waals surface area contributed by atoms with Crippen molar-refractivity contribution in [2.75, 3.05) is 6.61 Å². The first kappa shape index (κ1) is 19.8. The molecule has 0 spiro atoms. The van der Waals surface area contributed by atoms with Crippen molar-refractivity contribution in [3.05, 3.63) is 35.9 Å². The van der Waals surface area contributed by atoms with E-state index in [0.29, 0.717) is 6.61 Å². The lowest BCUT2D eigenvalue weighted by molar-refractivity contribution is -0.223. The number of hydrogen-bond acceptors (Lipinski definition) is 6. The highest BCUT2D eigenvalue weighted by Gasteiger charge is 2.58. The summed E-state index contributed by atoms with van der Waals surface area (Å²) in [6.07, 6.45) is -1.68. The van der Waals surface area contributed by atoms with Gasteiger partial charge in [0.05, 0.1) is 18.6 Å². The third-order valence-electron chi connectivity index (χ3n) is 5.49. The van der Waals surface area contributed by atoms with Crippen LogP contribution in [0, 0.1) is 0 Å². The number of carbonyl (C=O) groups excluding carboxylic acids is 1. The molecule has 7 nitrogen and oxygen atoms in total. The van der Waals surface area contributed by atoms with Gasteiger partial charge >= 0.3 is 0 Å². The van der Waals surface area contributed by atoms with Crippen molar-refractivity contribution >= 4 is 5.91 Å². The van der Waals surface area contributed by atoms with E-state index in [1.54, 1.807) is 0 Å². The molecule has 28 heavy (non-hydrogen) atoms. The van der Waals surface area contributed by atoms with Crippen LogP contribution in [0.4, 0.5) is 0 Å². The molecule has 0 aliphatic carbocycles. The van der Waals surface area contributed by atoms with Crippen molar-refractivity contribution in [2.24, 2.45) is 0 Å². The molecule has 7 heteroatoms. The maximum atomic E-state index is 13.0. The van der Waals surface area contributed by atoms with E-state index in [1.807, 2.05) is 65.0 Å². The zero-order valence-corrected chi connectivity index (χ0v) is 17.0. The van der Waals surface area contributed by atoms with E-state index in [4.69, 9.17) is 23.7 Å². The molecule has 0 bridgehead atoms. The summed E-state index contributed by atoms with van der Waals surface area (Å²) < 4.78 is 29.8. The summed E-state index contributed by atoms with van der Waals surface area (Å²) in [6, 6.07) is 9.30. The van der Waals surface area contributed by atoms with Crippen molar-refractivity contribution in [1.82, 2.24) is 5.32 Å². The first-order valence-corrected chi connectivity index (χ1v) is 9.83. The Kier molecular flexibility index (Phi) is 5.00. The molecule has 3 aliphatic heterocycles. The summed E-state index contributed by atoms with van der Waals surface area (Å²) in [4.78, 5) is 13.0. The van der Waals surface area contributed by atoms with Crippen LogP contribution in [0.3, 0.4) is 0 Å². The Morgan fingerprint density at radius 1 is 1.04 bits per heavy atom. The summed E-state index contributed by atoms with van der Waals surface area (Å²) >= 11 is 0. The topological polar surface area (TPSA) is 75.3 Å². The number of amides is 1. The van der Waals surface area contributed by atoms with Crippen molar-refractivity contribution in [3.63, 3.8) is 0 Å². The van der Waals surface area contributed by atoms with Crippen LogP contribution in [0.25, 0.3) is 0 Å². The molecule has 1 aromatic carbocycles. The first-order valence-electron chi connectivity index (χ1n) is 9.83. The van der Waals surface area contributed by atoms with Crippen LogP contribution < -0.4 is 5.32 Å². The Balaban J connectivity index is 1.52. The number of nitrogens with one attached hydrogen (secondary N) is 1. The van der Waals surface area contributed by atoms with Gasteiger partial charge in [-0.25, -0.2) is 0 Å². The second-order valence-corrected chi connectivity index (χ2v) is 8.60. The molecule has 3 heterocycles. The SMILES string of the molecule is CC(C(=O)N[C@H]1[C@H]2OC(C)(C)O[C@H]2O[C@@H]1[C@H]1COC(C)(C)O1)c1ccccc1. The molecule has 1 N–H and O–H groups in total. The van der Waals surface area contributed by atoms with Crippen molar-refractivity contribution in [3.8, 4) is 0 Å². The molecule has 154 valence electrons. The fourth-order valence-corrected chi connectivity index (χ4v) is 4.07. The Labute approximate surface area is 165 Å². The lowest BCUT2D eigenvalue weighted by Gasteiger charge is -2.30. The van der Waals surface area contributed by atoms with Gasteiger partial charge in [-0.15, -0.1) is 0 Å². The molecule has 3 aliphatic rings. The number of fused-ring (bicyclic) bond motifs is 1. The number of ether oxygens (including phenoxy) is 5. The lowest BCUT2D eigenvalue weighted by Crippen LogP contribution is -2.53. The number of carbonyl (C=O) groups is 1. The Morgan fingerprint density at radius 3 is 2.39 bits per heavy atom. The van der Waals surface area contributed by atoms with E-state index in [-0.39, 0.29) is 17.9 Å². The minimum atomic E-state index is -0.763. The highest BCUT2D eigenvalue weighted by atomic mass is 16.8. The van der Waals surface area contributed by atoms with Gasteiger partial charge in [0, 0.05) is 0 Å². The molecule has 0 saturated carbocycles. The smallest absolute Gasteiger partial charge is 0.227 e. The summed E-state index contributed by atoms with van der Waals surface area (Å²) in [5, 5.41) is 3.14. The van der Waals surface area contributed by atoms with Crippen LogP contribution in [-0.2, 0) is 28.5 Å². The van der Waals surface area contributed by atoms with Crippen LogP contribution in [0.2, 0.25) is 0 Å². The second kappa shape index (κ2) is 7.07. The number of benzene rings is 1. The van der Waals surface area contributed by atoms with Gasteiger partial charge in [0.15, 0.2) is 17.9 Å². The molecule has 6 atom stereocenters. The summed E-state index contributed by atoms with van der Waals surface area (Å²) in [5.74, 6) is -1.83. The van der Waals surface area contributed by atoms with Gasteiger partial charge in [0.1, 0.15) is 18.3 Å². The third-order valence-corrected chi connectivity index (χ3v) is 5.49. The molecule has 4 rings (SSSR count). The van der Waals surface area contributed by atoms with Crippen LogP contribution in [0.5, 0.6) is 0 Å². The summed E-state index contributed by atoms with van der Waals surface area (Å²) in [7, 11) is 0. The third kappa shape index (κ3) is 3.82. The van der Waals surface area contributed by atoms with Gasteiger partial charge in [-0.2, -0.15) is 0 Å². The minimum Gasteiger partial charge on any atom is -0.348 e. The zero-order valence-electron chi connectivity index (χ0n) is 17.0. The average Bonchev–Trinajstić information content (AvgIpc) is 3.25. The molecular formula is C21H29NO6. The van der Waals surface area contributed by atoms with E-state index in [1.165, 1.54) is 0 Å². The molecule has 3 fully saturated rings. The van der Waals surface area contributed by atoms with E-state index in [9.17, 15) is 4.79 Å².